The van der Waals surface area contributed by atoms with Gasteiger partial charge in [-0.1, -0.05) is 29.0 Å². The molecule has 1 amide bonds. The molecule has 0 fully saturated rings. The lowest BCUT2D eigenvalue weighted by atomic mass is 10.2. The van der Waals surface area contributed by atoms with Crippen molar-refractivity contribution in [1.82, 2.24) is 9.88 Å². The number of aromatic nitrogens is 1. The molecule has 7 heteroatoms. The first kappa shape index (κ1) is 20.6. The highest BCUT2D eigenvalue weighted by atomic mass is 35.5. The highest BCUT2D eigenvalue weighted by Gasteiger charge is 2.22. The molecule has 0 atom stereocenters. The lowest BCUT2D eigenvalue weighted by Crippen LogP contribution is -2.33. The van der Waals surface area contributed by atoms with Crippen LogP contribution in [0.1, 0.15) is 22.3 Å². The second kappa shape index (κ2) is 8.90. The number of fused-ring (bicyclic) bond motifs is 1. The predicted octanol–water partition coefficient (Wildman–Crippen LogP) is 4.87. The van der Waals surface area contributed by atoms with Crippen molar-refractivity contribution in [3.8, 4) is 5.75 Å². The molecule has 0 bridgehead atoms. The molecule has 2 aromatic carbocycles. The lowest BCUT2D eigenvalue weighted by Gasteiger charge is -2.21. The van der Waals surface area contributed by atoms with Crippen molar-refractivity contribution in [2.45, 2.75) is 13.3 Å². The fraction of sp³-hybridized carbons (Fsp3) is 0.333. The van der Waals surface area contributed by atoms with Crippen LogP contribution in [0.15, 0.2) is 36.4 Å². The molecule has 0 aliphatic heterocycles. The molecule has 0 unspecified atom stereocenters. The first-order valence-electron chi connectivity index (χ1n) is 9.07. The summed E-state index contributed by atoms with van der Waals surface area (Å²) in [5.41, 5.74) is 2.51. The Morgan fingerprint density at radius 2 is 1.86 bits per heavy atom. The Kier molecular flexibility index (Phi) is 6.54. The smallest absolute Gasteiger partial charge is 0.260 e. The highest BCUT2D eigenvalue weighted by Crippen LogP contribution is 2.37. The molecule has 28 heavy (non-hydrogen) atoms. The third-order valence-electron chi connectivity index (χ3n) is 4.47. The van der Waals surface area contributed by atoms with Crippen molar-refractivity contribution < 1.29 is 9.53 Å². The number of thiazole rings is 1. The standard InChI is InChI=1S/C21H24ClN3O2S/c1-14-6-11-17(27-4)18-19(14)28-21(23-18)25(13-5-12-24(2)3)20(26)15-7-9-16(22)10-8-15/h6-11H,5,12-13H2,1-4H3. The van der Waals surface area contributed by atoms with Crippen LogP contribution in [0, 0.1) is 6.92 Å². The fourth-order valence-electron chi connectivity index (χ4n) is 2.96. The topological polar surface area (TPSA) is 45.7 Å². The summed E-state index contributed by atoms with van der Waals surface area (Å²) in [7, 11) is 5.69. The van der Waals surface area contributed by atoms with Crippen LogP contribution in [0.4, 0.5) is 5.13 Å². The van der Waals surface area contributed by atoms with Crippen LogP contribution in [0.25, 0.3) is 10.2 Å². The van der Waals surface area contributed by atoms with Crippen molar-refractivity contribution in [3.63, 3.8) is 0 Å². The van der Waals surface area contributed by atoms with E-state index in [0.717, 1.165) is 34.5 Å². The number of halogens is 1. The van der Waals surface area contributed by atoms with Crippen molar-refractivity contribution in [3.05, 3.63) is 52.5 Å². The number of benzene rings is 2. The number of ether oxygens (including phenoxy) is 1. The average molecular weight is 418 g/mol. The van der Waals surface area contributed by atoms with Gasteiger partial charge in [-0.3, -0.25) is 9.69 Å². The maximum atomic E-state index is 13.3. The molecule has 148 valence electrons. The number of carbonyl (C=O) groups excluding carboxylic acids is 1. The van der Waals surface area contributed by atoms with Crippen LogP contribution < -0.4 is 9.64 Å². The number of amides is 1. The van der Waals surface area contributed by atoms with Crippen molar-refractivity contribution in [1.29, 1.82) is 0 Å². The number of aryl methyl sites for hydroxylation is 1. The predicted molar refractivity (Wildman–Crippen MR) is 117 cm³/mol. The van der Waals surface area contributed by atoms with Crippen LogP contribution >= 0.6 is 22.9 Å². The van der Waals surface area contributed by atoms with Gasteiger partial charge in [0.2, 0.25) is 0 Å². The summed E-state index contributed by atoms with van der Waals surface area (Å²) < 4.78 is 6.50. The maximum absolute atomic E-state index is 13.3. The number of rotatable bonds is 7. The minimum atomic E-state index is -0.0777. The van der Waals surface area contributed by atoms with Gasteiger partial charge in [0.25, 0.3) is 5.91 Å². The van der Waals surface area contributed by atoms with E-state index in [-0.39, 0.29) is 5.91 Å². The molecule has 3 aromatic rings. The number of carbonyl (C=O) groups is 1. The summed E-state index contributed by atoms with van der Waals surface area (Å²) in [4.78, 5) is 21.9. The van der Waals surface area contributed by atoms with Gasteiger partial charge in [0, 0.05) is 17.1 Å². The minimum Gasteiger partial charge on any atom is -0.494 e. The summed E-state index contributed by atoms with van der Waals surface area (Å²) in [6, 6.07) is 10.9. The molecule has 0 radical (unpaired) electrons. The Hall–Kier alpha value is -2.15. The van der Waals surface area contributed by atoms with Gasteiger partial charge in [-0.25, -0.2) is 4.98 Å². The van der Waals surface area contributed by atoms with Gasteiger partial charge in [-0.05, 0) is 69.9 Å². The zero-order chi connectivity index (χ0) is 20.3. The summed E-state index contributed by atoms with van der Waals surface area (Å²) in [6.45, 7) is 3.51. The van der Waals surface area contributed by atoms with Gasteiger partial charge >= 0.3 is 0 Å². The normalized spacial score (nSPS) is 11.2. The zero-order valence-corrected chi connectivity index (χ0v) is 18.1. The van der Waals surface area contributed by atoms with Crippen LogP contribution in [-0.2, 0) is 0 Å². The molecule has 1 aromatic heterocycles. The molecule has 3 rings (SSSR count). The average Bonchev–Trinajstić information content (AvgIpc) is 3.11. The summed E-state index contributed by atoms with van der Waals surface area (Å²) in [6.07, 6.45) is 0.846. The Morgan fingerprint density at radius 3 is 2.50 bits per heavy atom. The maximum Gasteiger partial charge on any atom is 0.260 e. The van der Waals surface area contributed by atoms with Crippen LogP contribution in [0.2, 0.25) is 5.02 Å². The Labute approximate surface area is 174 Å². The van der Waals surface area contributed by atoms with Crippen LogP contribution in [0.5, 0.6) is 5.75 Å². The second-order valence-electron chi connectivity index (χ2n) is 6.88. The van der Waals surface area contributed by atoms with E-state index in [2.05, 4.69) is 4.90 Å². The quantitative estimate of drug-likeness (QED) is 0.550. The number of hydrogen-bond donors (Lipinski definition) is 0. The largest absolute Gasteiger partial charge is 0.494 e. The van der Waals surface area contributed by atoms with Gasteiger partial charge in [-0.15, -0.1) is 0 Å². The fourth-order valence-corrected chi connectivity index (χ4v) is 4.16. The van der Waals surface area contributed by atoms with Gasteiger partial charge in [0.1, 0.15) is 11.3 Å². The summed E-state index contributed by atoms with van der Waals surface area (Å²) in [5, 5.41) is 1.29. The van der Waals surface area contributed by atoms with E-state index < -0.39 is 0 Å². The van der Waals surface area contributed by atoms with E-state index in [1.807, 2.05) is 33.2 Å². The van der Waals surface area contributed by atoms with E-state index in [0.29, 0.717) is 22.3 Å². The van der Waals surface area contributed by atoms with Gasteiger partial charge < -0.3 is 9.64 Å². The third kappa shape index (κ3) is 4.46. The molecule has 0 N–H and O–H groups in total. The molecule has 1 heterocycles. The molecular weight excluding hydrogens is 394 g/mol. The van der Waals surface area contributed by atoms with E-state index in [1.54, 1.807) is 36.3 Å². The Morgan fingerprint density at radius 1 is 1.14 bits per heavy atom. The molecule has 0 saturated heterocycles. The zero-order valence-electron chi connectivity index (χ0n) is 16.5. The van der Waals surface area contributed by atoms with Gasteiger partial charge in [0.15, 0.2) is 5.13 Å². The molecule has 0 saturated carbocycles. The molecule has 0 spiro atoms. The first-order valence-corrected chi connectivity index (χ1v) is 10.3. The first-order chi connectivity index (χ1) is 13.4. The van der Waals surface area contributed by atoms with Gasteiger partial charge in [-0.2, -0.15) is 0 Å². The molecule has 0 aliphatic carbocycles. The van der Waals surface area contributed by atoms with E-state index >= 15 is 0 Å². The van der Waals surface area contributed by atoms with Crippen molar-refractivity contribution >= 4 is 44.2 Å². The van der Waals surface area contributed by atoms with Crippen LogP contribution in [0.3, 0.4) is 0 Å². The summed E-state index contributed by atoms with van der Waals surface area (Å²) in [5.74, 6) is 0.640. The number of methoxy groups -OCH3 is 1. The Balaban J connectivity index is 2.00. The molecule has 0 aliphatic rings. The van der Waals surface area contributed by atoms with Crippen LogP contribution in [-0.4, -0.2) is 50.1 Å². The van der Waals surface area contributed by atoms with Crippen molar-refractivity contribution in [2.24, 2.45) is 0 Å². The molecule has 5 nitrogen and oxygen atoms in total. The van der Waals surface area contributed by atoms with E-state index in [9.17, 15) is 4.79 Å². The monoisotopic (exact) mass is 417 g/mol. The highest BCUT2D eigenvalue weighted by molar-refractivity contribution is 7.22. The Bertz CT molecular complexity index is 970. The van der Waals surface area contributed by atoms with Gasteiger partial charge in [0.05, 0.1) is 11.8 Å². The van der Waals surface area contributed by atoms with Crippen molar-refractivity contribution in [2.75, 3.05) is 39.2 Å². The number of hydrogen-bond acceptors (Lipinski definition) is 5. The molecular formula is C21H24ClN3O2S. The lowest BCUT2D eigenvalue weighted by molar-refractivity contribution is 0.0986. The minimum absolute atomic E-state index is 0.0777. The number of anilines is 1. The summed E-state index contributed by atoms with van der Waals surface area (Å²) >= 11 is 7.50. The third-order valence-corrected chi connectivity index (χ3v) is 5.93. The second-order valence-corrected chi connectivity index (χ2v) is 8.29. The van der Waals surface area contributed by atoms with E-state index in [4.69, 9.17) is 21.3 Å². The SMILES string of the molecule is COc1ccc(C)c2sc(N(CCCN(C)C)C(=O)c3ccc(Cl)cc3)nc12. The van der Waals surface area contributed by atoms with E-state index in [1.165, 1.54) is 11.3 Å². The number of nitrogens with zero attached hydrogens (tertiary/aromatic N) is 3.